The van der Waals surface area contributed by atoms with Crippen LogP contribution in [0.1, 0.15) is 0 Å². The highest BCUT2D eigenvalue weighted by Crippen LogP contribution is 1.88. The third kappa shape index (κ3) is 1.07. The first kappa shape index (κ1) is 5.81. The van der Waals surface area contributed by atoms with Gasteiger partial charge < -0.3 is 4.74 Å². The molecule has 0 aliphatic carbocycles. The number of aromatic nitrogens is 2. The monoisotopic (exact) mass is 126 g/mol. The Labute approximate surface area is 51.5 Å². The van der Waals surface area contributed by atoms with E-state index in [4.69, 9.17) is 0 Å². The molecule has 48 valence electrons. The minimum atomic E-state index is -0.212. The lowest BCUT2D eigenvalue weighted by molar-refractivity contribution is 0.387. The van der Waals surface area contributed by atoms with E-state index in [-0.39, 0.29) is 11.3 Å². The van der Waals surface area contributed by atoms with E-state index in [9.17, 15) is 4.79 Å². The maximum Gasteiger partial charge on any atom is 0.279 e. The molecule has 0 spiro atoms. The van der Waals surface area contributed by atoms with E-state index in [2.05, 4.69) is 14.9 Å². The van der Waals surface area contributed by atoms with Gasteiger partial charge in [-0.15, -0.1) is 5.10 Å². The lowest BCUT2D eigenvalue weighted by Crippen LogP contribution is -2.06. The number of aromatic amines is 1. The van der Waals surface area contributed by atoms with Gasteiger partial charge >= 0.3 is 0 Å². The van der Waals surface area contributed by atoms with Crippen molar-refractivity contribution in [2.75, 3.05) is 7.11 Å². The van der Waals surface area contributed by atoms with E-state index in [0.29, 0.717) is 0 Å². The number of H-pyrrole nitrogens is 1. The van der Waals surface area contributed by atoms with Crippen LogP contribution in [0.25, 0.3) is 0 Å². The zero-order valence-corrected chi connectivity index (χ0v) is 4.92. The zero-order chi connectivity index (χ0) is 6.69. The molecule has 4 nitrogen and oxygen atoms in total. The second-order valence-electron chi connectivity index (χ2n) is 1.45. The SMILES string of the molecule is COc1n[nH]ccc1=O. The molecule has 1 aromatic rings. The summed E-state index contributed by atoms with van der Waals surface area (Å²) in [5.41, 5.74) is -0.212. The fraction of sp³-hybridized carbons (Fsp3) is 0.200. The Morgan fingerprint density at radius 3 is 3.00 bits per heavy atom. The third-order valence-electron chi connectivity index (χ3n) is 0.879. The fourth-order valence-electron chi connectivity index (χ4n) is 0.481. The number of hydrogen-bond donors (Lipinski definition) is 1. The van der Waals surface area contributed by atoms with E-state index in [1.807, 2.05) is 0 Å². The van der Waals surface area contributed by atoms with E-state index in [0.717, 1.165) is 0 Å². The van der Waals surface area contributed by atoms with Crippen molar-refractivity contribution in [2.24, 2.45) is 0 Å². The van der Waals surface area contributed by atoms with Crippen LogP contribution in [0.4, 0.5) is 0 Å². The molecular weight excluding hydrogens is 120 g/mol. The fourth-order valence-corrected chi connectivity index (χ4v) is 0.481. The Balaban J connectivity index is 3.16. The maximum absolute atomic E-state index is 10.6. The Morgan fingerprint density at radius 2 is 2.56 bits per heavy atom. The lowest BCUT2D eigenvalue weighted by atomic mass is 10.5. The Morgan fingerprint density at radius 1 is 1.78 bits per heavy atom. The van der Waals surface area contributed by atoms with Crippen molar-refractivity contribution >= 4 is 0 Å². The van der Waals surface area contributed by atoms with Gasteiger partial charge in [-0.2, -0.15) is 0 Å². The molecule has 9 heavy (non-hydrogen) atoms. The van der Waals surface area contributed by atoms with Crippen molar-refractivity contribution in [3.05, 3.63) is 22.5 Å². The molecule has 0 unspecified atom stereocenters. The number of hydrogen-bond acceptors (Lipinski definition) is 3. The van der Waals surface area contributed by atoms with Gasteiger partial charge in [0, 0.05) is 12.3 Å². The molecule has 0 aliphatic rings. The average Bonchev–Trinajstić information content (AvgIpc) is 1.89. The van der Waals surface area contributed by atoms with Crippen LogP contribution < -0.4 is 10.2 Å². The van der Waals surface area contributed by atoms with Gasteiger partial charge in [0.05, 0.1) is 7.11 Å². The van der Waals surface area contributed by atoms with Gasteiger partial charge in [0.2, 0.25) is 5.43 Å². The van der Waals surface area contributed by atoms with Gasteiger partial charge in [-0.25, -0.2) is 0 Å². The molecule has 0 saturated heterocycles. The molecule has 0 aromatic carbocycles. The lowest BCUT2D eigenvalue weighted by Gasteiger charge is -1.91. The normalized spacial score (nSPS) is 9.00. The van der Waals surface area contributed by atoms with Crippen molar-refractivity contribution in [3.8, 4) is 5.88 Å². The van der Waals surface area contributed by atoms with E-state index >= 15 is 0 Å². The predicted molar refractivity (Wildman–Crippen MR) is 31.4 cm³/mol. The second kappa shape index (κ2) is 2.30. The third-order valence-corrected chi connectivity index (χ3v) is 0.879. The van der Waals surface area contributed by atoms with E-state index in [1.54, 1.807) is 0 Å². The van der Waals surface area contributed by atoms with Crippen molar-refractivity contribution in [1.29, 1.82) is 0 Å². The molecule has 0 bridgehead atoms. The van der Waals surface area contributed by atoms with Gasteiger partial charge in [0.15, 0.2) is 0 Å². The number of nitrogens with one attached hydrogen (secondary N) is 1. The van der Waals surface area contributed by atoms with Crippen LogP contribution in [0, 0.1) is 0 Å². The van der Waals surface area contributed by atoms with Crippen molar-refractivity contribution in [2.45, 2.75) is 0 Å². The standard InChI is InChI=1S/C5H6N2O2/c1-9-5-4(8)2-3-6-7-5/h2-3H,1H3,(H,6,8). The van der Waals surface area contributed by atoms with Gasteiger partial charge in [-0.3, -0.25) is 9.89 Å². The largest absolute Gasteiger partial charge is 0.477 e. The molecule has 0 atom stereocenters. The van der Waals surface area contributed by atoms with Crippen LogP contribution in [-0.2, 0) is 0 Å². The van der Waals surface area contributed by atoms with Crippen molar-refractivity contribution < 1.29 is 4.74 Å². The summed E-state index contributed by atoms with van der Waals surface area (Å²) in [5.74, 6) is 0.0949. The van der Waals surface area contributed by atoms with Crippen LogP contribution >= 0.6 is 0 Å². The number of methoxy groups -OCH3 is 1. The molecule has 1 aromatic heterocycles. The van der Waals surface area contributed by atoms with Crippen LogP contribution in [0.3, 0.4) is 0 Å². The van der Waals surface area contributed by atoms with Crippen LogP contribution in [0.5, 0.6) is 5.88 Å². The van der Waals surface area contributed by atoms with Gasteiger partial charge in [-0.05, 0) is 0 Å². The van der Waals surface area contributed by atoms with Crippen LogP contribution in [-0.4, -0.2) is 17.3 Å². The van der Waals surface area contributed by atoms with Crippen LogP contribution in [0.15, 0.2) is 17.1 Å². The topological polar surface area (TPSA) is 55.0 Å². The summed E-state index contributed by atoms with van der Waals surface area (Å²) in [5, 5.41) is 6.01. The smallest absolute Gasteiger partial charge is 0.279 e. The first-order valence-corrected chi connectivity index (χ1v) is 2.42. The Bertz CT molecular complexity index is 243. The molecule has 0 aliphatic heterocycles. The van der Waals surface area contributed by atoms with Crippen LogP contribution in [0.2, 0.25) is 0 Å². The number of rotatable bonds is 1. The van der Waals surface area contributed by atoms with Crippen molar-refractivity contribution in [3.63, 3.8) is 0 Å². The molecule has 1 rings (SSSR count). The second-order valence-corrected chi connectivity index (χ2v) is 1.45. The summed E-state index contributed by atoms with van der Waals surface area (Å²) in [7, 11) is 1.40. The molecule has 1 N–H and O–H groups in total. The number of ether oxygens (including phenoxy) is 1. The maximum atomic E-state index is 10.6. The first-order valence-electron chi connectivity index (χ1n) is 2.42. The minimum Gasteiger partial charge on any atom is -0.477 e. The molecule has 0 amide bonds. The van der Waals surface area contributed by atoms with Gasteiger partial charge in [-0.1, -0.05) is 0 Å². The summed E-state index contributed by atoms with van der Waals surface area (Å²) in [6, 6.07) is 1.35. The van der Waals surface area contributed by atoms with Gasteiger partial charge in [0.1, 0.15) is 0 Å². The number of nitrogens with zero attached hydrogens (tertiary/aromatic N) is 1. The van der Waals surface area contributed by atoms with E-state index in [1.165, 1.54) is 19.4 Å². The average molecular weight is 126 g/mol. The van der Waals surface area contributed by atoms with Crippen molar-refractivity contribution in [1.82, 2.24) is 10.2 Å². The summed E-state index contributed by atoms with van der Waals surface area (Å²) >= 11 is 0. The molecular formula is C5H6N2O2. The molecule has 0 radical (unpaired) electrons. The summed E-state index contributed by atoms with van der Waals surface area (Å²) in [4.78, 5) is 10.6. The zero-order valence-electron chi connectivity index (χ0n) is 4.92. The highest BCUT2D eigenvalue weighted by molar-refractivity contribution is 5.05. The quantitative estimate of drug-likeness (QED) is 0.565. The first-order chi connectivity index (χ1) is 4.34. The Hall–Kier alpha value is -1.32. The summed E-state index contributed by atoms with van der Waals surface area (Å²) in [6.45, 7) is 0. The molecule has 1 heterocycles. The Kier molecular flexibility index (Phi) is 1.48. The summed E-state index contributed by atoms with van der Waals surface area (Å²) in [6.07, 6.45) is 1.45. The molecule has 0 saturated carbocycles. The van der Waals surface area contributed by atoms with Gasteiger partial charge in [0.25, 0.3) is 5.88 Å². The molecule has 4 heteroatoms. The summed E-state index contributed by atoms with van der Waals surface area (Å²) < 4.78 is 4.59. The highest BCUT2D eigenvalue weighted by Gasteiger charge is 1.94. The molecule has 0 fully saturated rings. The minimum absolute atomic E-state index is 0.0949. The van der Waals surface area contributed by atoms with E-state index < -0.39 is 0 Å². The highest BCUT2D eigenvalue weighted by atomic mass is 16.5. The predicted octanol–water partition coefficient (Wildman–Crippen LogP) is -0.221.